The van der Waals surface area contributed by atoms with Crippen molar-refractivity contribution in [3.8, 4) is 5.75 Å². The molecular weight excluding hydrogens is 280 g/mol. The van der Waals surface area contributed by atoms with Crippen LogP contribution < -0.4 is 5.32 Å². The molecule has 22 heavy (non-hydrogen) atoms. The van der Waals surface area contributed by atoms with Crippen molar-refractivity contribution in [2.24, 2.45) is 0 Å². The summed E-state index contributed by atoms with van der Waals surface area (Å²) in [6.45, 7) is 2.83. The van der Waals surface area contributed by atoms with E-state index in [1.54, 1.807) is 12.1 Å². The van der Waals surface area contributed by atoms with Gasteiger partial charge in [0.05, 0.1) is 18.3 Å². The molecule has 1 fully saturated rings. The summed E-state index contributed by atoms with van der Waals surface area (Å²) in [5, 5.41) is 14.7. The maximum atomic E-state index is 12.3. The van der Waals surface area contributed by atoms with E-state index in [-0.39, 0.29) is 17.8 Å². The summed E-state index contributed by atoms with van der Waals surface area (Å²) in [6.07, 6.45) is -0.00898. The second-order valence-corrected chi connectivity index (χ2v) is 5.68. The van der Waals surface area contributed by atoms with Gasteiger partial charge in [-0.05, 0) is 30.0 Å². The molecule has 5 heteroatoms. The van der Waals surface area contributed by atoms with Gasteiger partial charge in [-0.25, -0.2) is 0 Å². The number of carbonyl (C=O) groups is 1. The topological polar surface area (TPSA) is 61.8 Å². The zero-order valence-electron chi connectivity index (χ0n) is 12.6. The number of hydrogen-bond acceptors (Lipinski definition) is 4. The van der Waals surface area contributed by atoms with Crippen LogP contribution in [-0.2, 0) is 4.74 Å². The monoisotopic (exact) mass is 300 g/mol. The molecule has 0 radical (unpaired) electrons. The summed E-state index contributed by atoms with van der Waals surface area (Å²) in [7, 11) is 2.03. The van der Waals surface area contributed by atoms with E-state index in [9.17, 15) is 9.90 Å². The highest BCUT2D eigenvalue weighted by Crippen LogP contribution is 2.24. The number of carbonyl (C=O) groups excluding carboxylic acids is 1. The molecule has 5 nitrogen and oxygen atoms in total. The smallest absolute Gasteiger partial charge is 0.255 e. The molecule has 2 N–H and O–H groups in total. The average Bonchev–Trinajstić information content (AvgIpc) is 2.52. The Morgan fingerprint density at radius 1 is 1.36 bits per heavy atom. The lowest BCUT2D eigenvalue weighted by Crippen LogP contribution is -2.45. The number of ether oxygens (including phenoxy) is 1. The van der Waals surface area contributed by atoms with Crippen molar-refractivity contribution in [3.05, 3.63) is 42.0 Å². The van der Waals surface area contributed by atoms with E-state index in [1.165, 1.54) is 0 Å². The number of likely N-dealkylation sites (N-methyl/N-ethyl adjacent to an activating group) is 1. The predicted molar refractivity (Wildman–Crippen MR) is 85.2 cm³/mol. The van der Waals surface area contributed by atoms with Gasteiger partial charge < -0.3 is 20.1 Å². The minimum atomic E-state index is -0.278. The fraction of sp³-hybridized carbons (Fsp3) is 0.353. The van der Waals surface area contributed by atoms with E-state index in [2.05, 4.69) is 10.2 Å². The molecule has 0 saturated carbocycles. The van der Waals surface area contributed by atoms with Crippen LogP contribution in [0, 0.1) is 0 Å². The molecule has 1 atom stereocenters. The minimum Gasteiger partial charge on any atom is -0.507 e. The largest absolute Gasteiger partial charge is 0.507 e. The van der Waals surface area contributed by atoms with E-state index in [4.69, 9.17) is 4.74 Å². The van der Waals surface area contributed by atoms with E-state index >= 15 is 0 Å². The van der Waals surface area contributed by atoms with Gasteiger partial charge in [0, 0.05) is 19.6 Å². The second-order valence-electron chi connectivity index (χ2n) is 5.68. The van der Waals surface area contributed by atoms with Crippen molar-refractivity contribution in [2.45, 2.75) is 6.10 Å². The molecule has 1 aliphatic rings. The van der Waals surface area contributed by atoms with Crippen LogP contribution in [0.25, 0.3) is 10.8 Å². The SMILES string of the molecule is CN1CCO[C@H](CNC(=O)c2cc3ccccc3cc2O)C1. The fourth-order valence-electron chi connectivity index (χ4n) is 2.70. The molecule has 0 aliphatic carbocycles. The maximum Gasteiger partial charge on any atom is 0.255 e. The number of phenols is 1. The van der Waals surface area contributed by atoms with Crippen molar-refractivity contribution in [1.82, 2.24) is 10.2 Å². The molecule has 116 valence electrons. The fourth-order valence-corrected chi connectivity index (χ4v) is 2.70. The molecule has 1 aliphatic heterocycles. The number of fused-ring (bicyclic) bond motifs is 1. The van der Waals surface area contributed by atoms with Gasteiger partial charge in [-0.2, -0.15) is 0 Å². The zero-order valence-corrected chi connectivity index (χ0v) is 12.6. The number of benzene rings is 2. The summed E-state index contributed by atoms with van der Waals surface area (Å²) in [5.74, 6) is -0.280. The Morgan fingerprint density at radius 3 is 2.82 bits per heavy atom. The number of morpholine rings is 1. The summed E-state index contributed by atoms with van der Waals surface area (Å²) >= 11 is 0. The van der Waals surface area contributed by atoms with Crippen molar-refractivity contribution < 1.29 is 14.6 Å². The molecule has 0 bridgehead atoms. The third kappa shape index (κ3) is 3.21. The van der Waals surface area contributed by atoms with Crippen LogP contribution in [0.2, 0.25) is 0 Å². The van der Waals surface area contributed by atoms with Crippen LogP contribution in [0.4, 0.5) is 0 Å². The molecule has 1 amide bonds. The van der Waals surface area contributed by atoms with Crippen LogP contribution in [0.3, 0.4) is 0 Å². The summed E-state index contributed by atoms with van der Waals surface area (Å²) < 4.78 is 5.62. The Bertz CT molecular complexity index is 687. The number of aromatic hydroxyl groups is 1. The molecule has 1 saturated heterocycles. The van der Waals surface area contributed by atoms with Crippen molar-refractivity contribution in [2.75, 3.05) is 33.3 Å². The Kier molecular flexibility index (Phi) is 4.27. The first-order valence-corrected chi connectivity index (χ1v) is 7.43. The van der Waals surface area contributed by atoms with Crippen LogP contribution in [-0.4, -0.2) is 55.3 Å². The first-order valence-electron chi connectivity index (χ1n) is 7.43. The molecule has 1 heterocycles. The number of phenolic OH excluding ortho intramolecular Hbond substituents is 1. The lowest BCUT2D eigenvalue weighted by atomic mass is 10.1. The first-order chi connectivity index (χ1) is 10.6. The third-order valence-electron chi connectivity index (χ3n) is 3.94. The summed E-state index contributed by atoms with van der Waals surface area (Å²) in [6, 6.07) is 11.0. The van der Waals surface area contributed by atoms with Gasteiger partial charge in [0.2, 0.25) is 0 Å². The standard InChI is InChI=1S/C17H20N2O3/c1-19-6-7-22-14(11-19)10-18-17(21)15-8-12-4-2-3-5-13(12)9-16(15)20/h2-5,8-9,14,20H,6-7,10-11H2,1H3,(H,18,21)/t14-/m1/s1. The van der Waals surface area contributed by atoms with Crippen LogP contribution in [0.15, 0.2) is 36.4 Å². The van der Waals surface area contributed by atoms with Gasteiger partial charge in [0.15, 0.2) is 0 Å². The van der Waals surface area contributed by atoms with Gasteiger partial charge in [0.1, 0.15) is 5.75 Å². The van der Waals surface area contributed by atoms with Crippen LogP contribution in [0.1, 0.15) is 10.4 Å². The van der Waals surface area contributed by atoms with Gasteiger partial charge >= 0.3 is 0 Å². The van der Waals surface area contributed by atoms with Gasteiger partial charge in [-0.15, -0.1) is 0 Å². The lowest BCUT2D eigenvalue weighted by molar-refractivity contribution is -0.0175. The molecule has 0 aromatic heterocycles. The number of nitrogens with zero attached hydrogens (tertiary/aromatic N) is 1. The molecule has 0 spiro atoms. The predicted octanol–water partition coefficient (Wildman–Crippen LogP) is 1.61. The third-order valence-corrected chi connectivity index (χ3v) is 3.94. The van der Waals surface area contributed by atoms with Gasteiger partial charge in [0.25, 0.3) is 5.91 Å². The van der Waals surface area contributed by atoms with Crippen molar-refractivity contribution in [3.63, 3.8) is 0 Å². The number of rotatable bonds is 3. The van der Waals surface area contributed by atoms with Crippen LogP contribution >= 0.6 is 0 Å². The van der Waals surface area contributed by atoms with Gasteiger partial charge in [-0.3, -0.25) is 4.79 Å². The summed E-state index contributed by atoms with van der Waals surface area (Å²) in [4.78, 5) is 14.5. The molecule has 0 unspecified atom stereocenters. The van der Waals surface area contributed by atoms with Gasteiger partial charge in [-0.1, -0.05) is 24.3 Å². The maximum absolute atomic E-state index is 12.3. The lowest BCUT2D eigenvalue weighted by Gasteiger charge is -2.30. The number of amides is 1. The Labute approximate surface area is 129 Å². The zero-order chi connectivity index (χ0) is 15.5. The highest BCUT2D eigenvalue weighted by Gasteiger charge is 2.19. The van der Waals surface area contributed by atoms with E-state index in [0.717, 1.165) is 23.9 Å². The highest BCUT2D eigenvalue weighted by molar-refractivity contribution is 6.01. The number of hydrogen-bond donors (Lipinski definition) is 2. The number of nitrogens with one attached hydrogen (secondary N) is 1. The van der Waals surface area contributed by atoms with Crippen LogP contribution in [0.5, 0.6) is 5.75 Å². The Hall–Kier alpha value is -2.11. The van der Waals surface area contributed by atoms with E-state index in [1.807, 2.05) is 31.3 Å². The second kappa shape index (κ2) is 6.34. The first kappa shape index (κ1) is 14.8. The Balaban J connectivity index is 1.70. The minimum absolute atomic E-state index is 0.00196. The van der Waals surface area contributed by atoms with E-state index in [0.29, 0.717) is 18.7 Å². The molecule has 2 aromatic carbocycles. The molecule has 3 rings (SSSR count). The van der Waals surface area contributed by atoms with Crippen molar-refractivity contribution in [1.29, 1.82) is 0 Å². The summed E-state index contributed by atoms with van der Waals surface area (Å²) in [5.41, 5.74) is 0.294. The van der Waals surface area contributed by atoms with E-state index < -0.39 is 0 Å². The normalized spacial score (nSPS) is 19.2. The molecular formula is C17H20N2O3. The Morgan fingerprint density at radius 2 is 2.09 bits per heavy atom. The average molecular weight is 300 g/mol. The molecule has 2 aromatic rings. The van der Waals surface area contributed by atoms with Crippen molar-refractivity contribution >= 4 is 16.7 Å². The highest BCUT2D eigenvalue weighted by atomic mass is 16.5. The quantitative estimate of drug-likeness (QED) is 0.904.